The van der Waals surface area contributed by atoms with Gasteiger partial charge in [-0.05, 0) is 31.0 Å². The molecule has 0 aliphatic carbocycles. The van der Waals surface area contributed by atoms with Gasteiger partial charge in [0, 0.05) is 48.9 Å². The fourth-order valence-corrected chi connectivity index (χ4v) is 3.17. The number of pyridine rings is 3. The molecule has 1 amide bonds. The van der Waals surface area contributed by atoms with Crippen LogP contribution in [0.1, 0.15) is 45.4 Å². The van der Waals surface area contributed by atoms with Crippen LogP contribution < -0.4 is 10.9 Å². The van der Waals surface area contributed by atoms with Gasteiger partial charge in [-0.3, -0.25) is 14.6 Å². The van der Waals surface area contributed by atoms with Crippen molar-refractivity contribution in [1.29, 1.82) is 0 Å². The predicted molar refractivity (Wildman–Crippen MR) is 109 cm³/mol. The number of aryl methyl sites for hydroxylation is 2. The van der Waals surface area contributed by atoms with Crippen LogP contribution in [0.5, 0.6) is 0 Å². The molecule has 146 valence electrons. The van der Waals surface area contributed by atoms with Crippen molar-refractivity contribution in [3.05, 3.63) is 52.2 Å². The molecule has 3 aromatic rings. The molecule has 3 aromatic heterocycles. The monoisotopic (exact) mass is 381 g/mol. The summed E-state index contributed by atoms with van der Waals surface area (Å²) in [5.41, 5.74) is 2.52. The zero-order chi connectivity index (χ0) is 21.3. The van der Waals surface area contributed by atoms with Crippen LogP contribution in [0.4, 0.5) is 5.82 Å². The molecule has 2 N–H and O–H groups in total. The van der Waals surface area contributed by atoms with Gasteiger partial charge in [0.1, 0.15) is 5.82 Å². The summed E-state index contributed by atoms with van der Waals surface area (Å²) < 4.78 is 9.58. The average Bonchev–Trinajstić information content (AvgIpc) is 2.65. The van der Waals surface area contributed by atoms with Crippen molar-refractivity contribution in [2.24, 2.45) is 7.05 Å². The second-order valence-electron chi connectivity index (χ2n) is 6.81. The third kappa shape index (κ3) is 3.80. The van der Waals surface area contributed by atoms with Gasteiger partial charge in [-0.15, -0.1) is 0 Å². The van der Waals surface area contributed by atoms with E-state index in [1.165, 1.54) is 17.7 Å². The first-order valence-corrected chi connectivity index (χ1v) is 9.11. The molecule has 0 unspecified atom stereocenters. The van der Waals surface area contributed by atoms with Crippen molar-refractivity contribution < 1.29 is 11.3 Å². The van der Waals surface area contributed by atoms with Crippen LogP contribution in [0.3, 0.4) is 0 Å². The van der Waals surface area contributed by atoms with Gasteiger partial charge in [-0.1, -0.05) is 13.3 Å². The topological polar surface area (TPSA) is 97.1 Å². The molecule has 0 spiro atoms. The Morgan fingerprint density at radius 2 is 2.04 bits per heavy atom. The number of carbonyl (C=O) groups is 1. The summed E-state index contributed by atoms with van der Waals surface area (Å²) in [6.45, 7) is 5.11. The normalized spacial score (nSPS) is 13.8. The van der Waals surface area contributed by atoms with Gasteiger partial charge in [0.2, 0.25) is 5.91 Å². The summed E-state index contributed by atoms with van der Waals surface area (Å²) >= 11 is 0. The van der Waals surface area contributed by atoms with Crippen molar-refractivity contribution >= 4 is 22.6 Å². The molecule has 7 heteroatoms. The van der Waals surface area contributed by atoms with E-state index < -0.39 is 6.08 Å². The second-order valence-corrected chi connectivity index (χ2v) is 6.81. The number of anilines is 1. The average molecular weight is 381 g/mol. The quantitative estimate of drug-likeness (QED) is 0.708. The highest BCUT2D eigenvalue weighted by Gasteiger charge is 2.15. The molecule has 28 heavy (non-hydrogen) atoms. The van der Waals surface area contributed by atoms with Crippen LogP contribution in [0, 0.1) is 6.92 Å². The van der Waals surface area contributed by atoms with Gasteiger partial charge in [0.05, 0.1) is 18.7 Å². The van der Waals surface area contributed by atoms with E-state index in [1.54, 1.807) is 31.4 Å². The molecule has 0 aliphatic rings. The van der Waals surface area contributed by atoms with Crippen LogP contribution in [0.2, 0.25) is 0 Å². The van der Waals surface area contributed by atoms with E-state index in [0.717, 1.165) is 10.9 Å². The number of fused-ring (bicyclic) bond motifs is 1. The molecule has 1 atom stereocenters. The molecule has 3 heterocycles. The van der Waals surface area contributed by atoms with Gasteiger partial charge in [-0.25, -0.2) is 4.98 Å². The van der Waals surface area contributed by atoms with Gasteiger partial charge >= 0.3 is 0 Å². The lowest BCUT2D eigenvalue weighted by Crippen LogP contribution is -2.20. The van der Waals surface area contributed by atoms with Crippen LogP contribution >= 0.6 is 0 Å². The van der Waals surface area contributed by atoms with Gasteiger partial charge < -0.3 is 15.0 Å². The zero-order valence-corrected chi connectivity index (χ0v) is 16.4. The molecular formula is C21H24N4O3. The highest BCUT2D eigenvalue weighted by Crippen LogP contribution is 2.26. The molecule has 0 aliphatic heterocycles. The second kappa shape index (κ2) is 7.90. The molecule has 0 bridgehead atoms. The number of carbonyl (C=O) groups excluding carboxylic acids is 1. The number of nitrogens with one attached hydrogen (secondary N) is 1. The molecule has 0 aromatic carbocycles. The van der Waals surface area contributed by atoms with Gasteiger partial charge in [0.15, 0.2) is 0 Å². The maximum Gasteiger partial charge on any atom is 0.258 e. The van der Waals surface area contributed by atoms with Gasteiger partial charge in [0.25, 0.3) is 5.56 Å². The Kier molecular flexibility index (Phi) is 5.16. The SMILES string of the molecule is [2H][C@@](O)(CCC)c1cc(C)c(-c2cc3cnc(NC(C)=O)cc3n(C)c2=O)cn1. The summed E-state index contributed by atoms with van der Waals surface area (Å²) in [7, 11) is 1.66. The van der Waals surface area contributed by atoms with E-state index in [0.29, 0.717) is 28.9 Å². The Hall–Kier alpha value is -3.06. The minimum Gasteiger partial charge on any atom is -0.387 e. The number of rotatable bonds is 5. The van der Waals surface area contributed by atoms with Crippen molar-refractivity contribution in [3.63, 3.8) is 0 Å². The molecule has 0 saturated carbocycles. The lowest BCUT2D eigenvalue weighted by molar-refractivity contribution is -0.114. The predicted octanol–water partition coefficient (Wildman–Crippen LogP) is 3.10. The van der Waals surface area contributed by atoms with Crippen molar-refractivity contribution in [1.82, 2.24) is 14.5 Å². The van der Waals surface area contributed by atoms with Crippen molar-refractivity contribution in [2.75, 3.05) is 5.32 Å². The molecule has 0 fully saturated rings. The third-order valence-electron chi connectivity index (χ3n) is 4.60. The van der Waals surface area contributed by atoms with Crippen molar-refractivity contribution in [3.8, 4) is 11.1 Å². The van der Waals surface area contributed by atoms with Crippen LogP contribution in [-0.2, 0) is 11.8 Å². The highest BCUT2D eigenvalue weighted by molar-refractivity contribution is 5.91. The number of amides is 1. The minimum atomic E-state index is -1.75. The number of nitrogens with zero attached hydrogens (tertiary/aromatic N) is 3. The lowest BCUT2D eigenvalue weighted by atomic mass is 10.0. The number of hydrogen-bond donors (Lipinski definition) is 2. The molecular weight excluding hydrogens is 356 g/mol. The first-order chi connectivity index (χ1) is 13.6. The third-order valence-corrected chi connectivity index (χ3v) is 4.60. The van der Waals surface area contributed by atoms with E-state index >= 15 is 0 Å². The molecule has 7 nitrogen and oxygen atoms in total. The Bertz CT molecular complexity index is 1150. The summed E-state index contributed by atoms with van der Waals surface area (Å²) in [4.78, 5) is 32.7. The first-order valence-electron chi connectivity index (χ1n) is 9.61. The van der Waals surface area contributed by atoms with Crippen molar-refractivity contribution in [2.45, 2.75) is 39.7 Å². The van der Waals surface area contributed by atoms with E-state index in [-0.39, 0.29) is 23.6 Å². The lowest BCUT2D eigenvalue weighted by Gasteiger charge is -2.14. The fraction of sp³-hybridized carbons (Fsp3) is 0.333. The Morgan fingerprint density at radius 3 is 2.68 bits per heavy atom. The van der Waals surface area contributed by atoms with Crippen LogP contribution in [0.15, 0.2) is 35.4 Å². The Morgan fingerprint density at radius 1 is 1.29 bits per heavy atom. The first kappa shape index (κ1) is 18.3. The fourth-order valence-electron chi connectivity index (χ4n) is 3.17. The Balaban J connectivity index is 2.12. The summed E-state index contributed by atoms with van der Waals surface area (Å²) in [6.07, 6.45) is 2.31. The summed E-state index contributed by atoms with van der Waals surface area (Å²) in [6, 6.07) is 5.05. The number of aromatic nitrogens is 3. The largest absolute Gasteiger partial charge is 0.387 e. The van der Waals surface area contributed by atoms with Crippen LogP contribution in [-0.4, -0.2) is 25.5 Å². The van der Waals surface area contributed by atoms with Gasteiger partial charge in [-0.2, -0.15) is 0 Å². The van der Waals surface area contributed by atoms with E-state index in [1.807, 2.05) is 13.8 Å². The molecule has 0 saturated heterocycles. The van der Waals surface area contributed by atoms with E-state index in [2.05, 4.69) is 15.3 Å². The minimum absolute atomic E-state index is 0.218. The molecule has 0 radical (unpaired) electrons. The van der Waals surface area contributed by atoms with E-state index in [4.69, 9.17) is 1.37 Å². The zero-order valence-electron chi connectivity index (χ0n) is 17.4. The number of aliphatic hydroxyl groups is 1. The van der Waals surface area contributed by atoms with E-state index in [9.17, 15) is 14.7 Å². The number of hydrogen-bond acceptors (Lipinski definition) is 5. The maximum absolute atomic E-state index is 13.0. The maximum atomic E-state index is 13.0. The summed E-state index contributed by atoms with van der Waals surface area (Å²) in [5, 5.41) is 13.7. The summed E-state index contributed by atoms with van der Waals surface area (Å²) in [5.74, 6) is 0.137. The highest BCUT2D eigenvalue weighted by atomic mass is 16.3. The van der Waals surface area contributed by atoms with Crippen LogP contribution in [0.25, 0.3) is 22.0 Å². The molecule has 3 rings (SSSR count). The smallest absolute Gasteiger partial charge is 0.258 e. The Labute approximate surface area is 164 Å². The standard InChI is InChI=1S/C21H24N4O3/c1-5-6-19(27)17-7-12(2)16(11-22-17)15-8-14-10-23-20(24-13(3)26)9-18(14)25(4)21(15)28/h7-11,19,27H,5-6H2,1-4H3,(H,23,24,26)/t19-/m1/s1/i19D.